The molecule has 2 N–H and O–H groups in total. The summed E-state index contributed by atoms with van der Waals surface area (Å²) in [6.45, 7) is 1.91. The second-order valence-electron chi connectivity index (χ2n) is 6.57. The van der Waals surface area contributed by atoms with Gasteiger partial charge < -0.3 is 10.2 Å². The lowest BCUT2D eigenvalue weighted by Gasteiger charge is -2.26. The van der Waals surface area contributed by atoms with Crippen molar-refractivity contribution in [1.29, 1.82) is 0 Å². The first-order chi connectivity index (χ1) is 13.5. The Morgan fingerprint density at radius 3 is 2.29 bits per heavy atom. The maximum Gasteiger partial charge on any atom is 0.257 e. The van der Waals surface area contributed by atoms with Crippen molar-refractivity contribution in [2.75, 3.05) is 0 Å². The smallest absolute Gasteiger partial charge is 0.257 e. The molecule has 1 atom stereocenters. The maximum absolute atomic E-state index is 12.6. The number of sulfonamides is 1. The van der Waals surface area contributed by atoms with E-state index in [1.807, 2.05) is 67.6 Å². The van der Waals surface area contributed by atoms with Crippen molar-refractivity contribution in [2.45, 2.75) is 17.9 Å². The molecule has 28 heavy (non-hydrogen) atoms. The van der Waals surface area contributed by atoms with Gasteiger partial charge in [-0.25, -0.2) is 8.42 Å². The maximum atomic E-state index is 12.6. The quantitative estimate of drug-likeness (QED) is 0.645. The van der Waals surface area contributed by atoms with Crippen molar-refractivity contribution in [3.8, 4) is 5.75 Å². The van der Waals surface area contributed by atoms with Gasteiger partial charge in [-0.3, -0.25) is 0 Å². The molecule has 3 aromatic carbocycles. The molecule has 3 aromatic rings. The molecule has 0 bridgehead atoms. The second-order valence-corrected chi connectivity index (χ2v) is 8.25. The van der Waals surface area contributed by atoms with E-state index in [2.05, 4.69) is 10.3 Å². The van der Waals surface area contributed by atoms with Crippen LogP contribution in [0.1, 0.15) is 22.8 Å². The number of nitrogens with one attached hydrogen (secondary N) is 2. The summed E-state index contributed by atoms with van der Waals surface area (Å²) < 4.78 is 31.3. The molecule has 5 nitrogen and oxygen atoms in total. The lowest BCUT2D eigenvalue weighted by atomic mass is 10.0. The first-order valence-electron chi connectivity index (χ1n) is 8.90. The van der Waals surface area contributed by atoms with Crippen LogP contribution in [-0.2, 0) is 10.0 Å². The topological polar surface area (TPSA) is 67.4 Å². The van der Waals surface area contributed by atoms with Crippen molar-refractivity contribution < 1.29 is 13.2 Å². The number of hydrogen-bond donors (Lipinski definition) is 2. The van der Waals surface area contributed by atoms with E-state index in [9.17, 15) is 8.42 Å². The van der Waals surface area contributed by atoms with E-state index in [0.29, 0.717) is 11.4 Å². The number of aryl methyl sites for hydroxylation is 1. The zero-order valence-electron chi connectivity index (χ0n) is 15.3. The van der Waals surface area contributed by atoms with Gasteiger partial charge in [-0.2, -0.15) is 0 Å². The molecule has 0 spiro atoms. The number of ether oxygens (including phenoxy) is 1. The Hall–Kier alpha value is -3.09. The van der Waals surface area contributed by atoms with E-state index >= 15 is 0 Å². The molecular formula is C22H20N2O3S. The van der Waals surface area contributed by atoms with Gasteiger partial charge in [-0.15, -0.1) is 4.83 Å². The van der Waals surface area contributed by atoms with Crippen molar-refractivity contribution in [3.63, 3.8) is 0 Å². The van der Waals surface area contributed by atoms with Crippen LogP contribution in [-0.4, -0.2) is 8.42 Å². The normalized spacial score (nSPS) is 15.9. The number of benzene rings is 3. The van der Waals surface area contributed by atoms with Gasteiger partial charge >= 0.3 is 0 Å². The molecule has 0 aromatic heterocycles. The molecular weight excluding hydrogens is 372 g/mol. The van der Waals surface area contributed by atoms with Crippen LogP contribution in [0.4, 0.5) is 0 Å². The summed E-state index contributed by atoms with van der Waals surface area (Å²) in [7, 11) is -3.70. The Morgan fingerprint density at radius 1 is 0.857 bits per heavy atom. The minimum Gasteiger partial charge on any atom is -0.481 e. The van der Waals surface area contributed by atoms with Gasteiger partial charge in [0.2, 0.25) is 0 Å². The summed E-state index contributed by atoms with van der Waals surface area (Å²) >= 11 is 0. The summed E-state index contributed by atoms with van der Waals surface area (Å²) in [4.78, 5) is 2.68. The van der Waals surface area contributed by atoms with Gasteiger partial charge in [0.15, 0.2) is 0 Å². The summed E-state index contributed by atoms with van der Waals surface area (Å²) in [6.07, 6.45) is 1.55. The highest BCUT2D eigenvalue weighted by atomic mass is 32.2. The first kappa shape index (κ1) is 18.3. The van der Waals surface area contributed by atoms with Gasteiger partial charge in [-0.1, -0.05) is 60.2 Å². The zero-order valence-corrected chi connectivity index (χ0v) is 16.1. The molecule has 0 saturated carbocycles. The number of rotatable bonds is 5. The van der Waals surface area contributed by atoms with E-state index in [1.54, 1.807) is 24.3 Å². The monoisotopic (exact) mass is 392 g/mol. The SMILES string of the molecule is Cc1ccc(S(=O)(=O)NNC2=C[C@H](c3ccccc3)Oc3ccccc32)cc1. The third kappa shape index (κ3) is 3.78. The summed E-state index contributed by atoms with van der Waals surface area (Å²) in [5.74, 6) is 0.691. The van der Waals surface area contributed by atoms with Crippen molar-refractivity contribution in [3.05, 3.63) is 102 Å². The Balaban J connectivity index is 1.62. The van der Waals surface area contributed by atoms with Gasteiger partial charge in [0.05, 0.1) is 10.6 Å². The fourth-order valence-electron chi connectivity index (χ4n) is 3.02. The number of hydrogen-bond acceptors (Lipinski definition) is 4. The first-order valence-corrected chi connectivity index (χ1v) is 10.4. The van der Waals surface area contributed by atoms with Crippen LogP contribution in [0.15, 0.2) is 89.8 Å². The molecule has 1 aliphatic heterocycles. The largest absolute Gasteiger partial charge is 0.481 e. The Bertz CT molecular complexity index is 1110. The third-order valence-electron chi connectivity index (χ3n) is 4.53. The predicted molar refractivity (Wildman–Crippen MR) is 109 cm³/mol. The van der Waals surface area contributed by atoms with Crippen molar-refractivity contribution in [2.24, 2.45) is 0 Å². The molecule has 0 aliphatic carbocycles. The molecule has 4 rings (SSSR count). The molecule has 0 fully saturated rings. The van der Waals surface area contributed by atoms with E-state index in [0.717, 1.165) is 16.7 Å². The van der Waals surface area contributed by atoms with E-state index in [1.165, 1.54) is 0 Å². The van der Waals surface area contributed by atoms with E-state index in [4.69, 9.17) is 4.74 Å². The Labute approximate surface area is 164 Å². The lowest BCUT2D eigenvalue weighted by Crippen LogP contribution is -2.37. The molecule has 1 heterocycles. The highest BCUT2D eigenvalue weighted by Gasteiger charge is 2.23. The van der Waals surface area contributed by atoms with E-state index in [-0.39, 0.29) is 11.0 Å². The Morgan fingerprint density at radius 2 is 1.54 bits per heavy atom. The molecule has 0 radical (unpaired) electrons. The summed E-state index contributed by atoms with van der Waals surface area (Å²) in [6, 6.07) is 24.0. The van der Waals surface area contributed by atoms with Gasteiger partial charge in [0.1, 0.15) is 11.9 Å². The molecule has 6 heteroatoms. The molecule has 0 unspecified atom stereocenters. The van der Waals surface area contributed by atoms with Crippen LogP contribution in [0.5, 0.6) is 5.75 Å². The van der Waals surface area contributed by atoms with Crippen molar-refractivity contribution >= 4 is 15.7 Å². The highest BCUT2D eigenvalue weighted by Crippen LogP contribution is 2.35. The summed E-state index contributed by atoms with van der Waals surface area (Å²) in [5.41, 5.74) is 6.29. The fourth-order valence-corrected chi connectivity index (χ4v) is 3.87. The van der Waals surface area contributed by atoms with Crippen molar-refractivity contribution in [1.82, 2.24) is 10.3 Å². The minimum atomic E-state index is -3.70. The zero-order chi connectivity index (χ0) is 19.6. The van der Waals surface area contributed by atoms with Crippen LogP contribution < -0.4 is 15.0 Å². The minimum absolute atomic E-state index is 0.200. The van der Waals surface area contributed by atoms with Gasteiger partial charge in [-0.05, 0) is 42.8 Å². The predicted octanol–water partition coefficient (Wildman–Crippen LogP) is 3.95. The average Bonchev–Trinajstić information content (AvgIpc) is 2.73. The number of hydrazine groups is 1. The van der Waals surface area contributed by atoms with Crippen LogP contribution in [0.2, 0.25) is 0 Å². The third-order valence-corrected chi connectivity index (χ3v) is 5.79. The van der Waals surface area contributed by atoms with Gasteiger partial charge in [0.25, 0.3) is 10.0 Å². The summed E-state index contributed by atoms with van der Waals surface area (Å²) in [5, 5.41) is 0. The van der Waals surface area contributed by atoms with Crippen LogP contribution in [0.3, 0.4) is 0 Å². The Kier molecular flexibility index (Phi) is 4.90. The van der Waals surface area contributed by atoms with E-state index < -0.39 is 10.0 Å². The second kappa shape index (κ2) is 7.50. The standard InChI is InChI=1S/C22H20N2O3S/c1-16-11-13-18(14-12-16)28(25,26)24-23-20-15-22(17-7-3-2-4-8-17)27-21-10-6-5-9-19(20)21/h2-15,22-24H,1H3/t22-/m1/s1. The molecule has 1 aliphatic rings. The van der Waals surface area contributed by atoms with Gasteiger partial charge in [0, 0.05) is 5.56 Å². The molecule has 142 valence electrons. The number of para-hydroxylation sites is 1. The average molecular weight is 392 g/mol. The number of fused-ring (bicyclic) bond motifs is 1. The molecule has 0 saturated heterocycles. The van der Waals surface area contributed by atoms with Crippen LogP contribution >= 0.6 is 0 Å². The fraction of sp³-hybridized carbons (Fsp3) is 0.0909. The molecule has 0 amide bonds. The lowest BCUT2D eigenvalue weighted by molar-refractivity contribution is 0.249. The van der Waals surface area contributed by atoms with Crippen LogP contribution in [0.25, 0.3) is 5.70 Å². The van der Waals surface area contributed by atoms with Crippen LogP contribution in [0, 0.1) is 6.92 Å². The highest BCUT2D eigenvalue weighted by molar-refractivity contribution is 7.89.